The van der Waals surface area contributed by atoms with Crippen LogP contribution in [0.3, 0.4) is 0 Å². The molecule has 112 valence electrons. The van der Waals surface area contributed by atoms with Crippen LogP contribution in [0.15, 0.2) is 12.3 Å². The molecule has 5 heteroatoms. The lowest BCUT2D eigenvalue weighted by Crippen LogP contribution is -2.32. The van der Waals surface area contributed by atoms with Crippen LogP contribution in [0.1, 0.15) is 56.3 Å². The van der Waals surface area contributed by atoms with E-state index in [0.717, 1.165) is 12.8 Å². The number of hydrogen-bond acceptors (Lipinski definition) is 3. The number of anilines is 1. The molecule has 0 aromatic carbocycles. The fourth-order valence-corrected chi connectivity index (χ4v) is 2.19. The summed E-state index contributed by atoms with van der Waals surface area (Å²) in [4.78, 5) is 16.2. The minimum Gasteiger partial charge on any atom is -0.373 e. The largest absolute Gasteiger partial charge is 0.373 e. The minimum absolute atomic E-state index is 0.142. The Bertz CT molecular complexity index is 437. The van der Waals surface area contributed by atoms with Crippen molar-refractivity contribution in [1.29, 1.82) is 0 Å². The Hall–Kier alpha value is -1.29. The number of carbonyl (C=O) groups is 1. The number of pyridine rings is 1. The predicted octanol–water partition coefficient (Wildman–Crippen LogP) is 3.87. The van der Waals surface area contributed by atoms with Crippen molar-refractivity contribution in [2.45, 2.75) is 52.0 Å². The van der Waals surface area contributed by atoms with Gasteiger partial charge >= 0.3 is 0 Å². The van der Waals surface area contributed by atoms with Crippen LogP contribution in [0.25, 0.3) is 0 Å². The molecule has 0 radical (unpaired) electrons. The van der Waals surface area contributed by atoms with E-state index in [1.54, 1.807) is 13.1 Å². The lowest BCUT2D eigenvalue weighted by molar-refractivity contribution is 0.0938. The highest BCUT2D eigenvalue weighted by atomic mass is 35.5. The zero-order valence-electron chi connectivity index (χ0n) is 12.5. The zero-order chi connectivity index (χ0) is 15.0. The van der Waals surface area contributed by atoms with Crippen molar-refractivity contribution in [3.05, 3.63) is 22.8 Å². The first kappa shape index (κ1) is 16.8. The summed E-state index contributed by atoms with van der Waals surface area (Å²) in [5.74, 6) is 0.493. The SMILES string of the molecule is CCCCCCC(C)NC(=O)c1cc(NC)ncc1Cl. The van der Waals surface area contributed by atoms with Gasteiger partial charge in [-0.1, -0.05) is 44.2 Å². The van der Waals surface area contributed by atoms with Gasteiger partial charge in [-0.3, -0.25) is 4.79 Å². The monoisotopic (exact) mass is 297 g/mol. The van der Waals surface area contributed by atoms with Gasteiger partial charge in [0.2, 0.25) is 0 Å². The molecule has 0 bridgehead atoms. The number of halogens is 1. The maximum atomic E-state index is 12.2. The van der Waals surface area contributed by atoms with Crippen molar-refractivity contribution in [2.24, 2.45) is 0 Å². The molecule has 1 atom stereocenters. The maximum Gasteiger partial charge on any atom is 0.253 e. The van der Waals surface area contributed by atoms with Gasteiger partial charge in [0.15, 0.2) is 0 Å². The first-order chi connectivity index (χ1) is 9.58. The predicted molar refractivity (Wildman–Crippen MR) is 84.5 cm³/mol. The van der Waals surface area contributed by atoms with Gasteiger partial charge in [0.1, 0.15) is 5.82 Å². The van der Waals surface area contributed by atoms with Gasteiger partial charge in [0, 0.05) is 19.3 Å². The quantitative estimate of drug-likeness (QED) is 0.716. The standard InChI is InChI=1S/C15H24ClN3O/c1-4-5-6-7-8-11(2)19-15(20)12-9-14(17-3)18-10-13(12)16/h9-11H,4-8H2,1-3H3,(H,17,18)(H,19,20). The summed E-state index contributed by atoms with van der Waals surface area (Å²) >= 11 is 6.03. The highest BCUT2D eigenvalue weighted by molar-refractivity contribution is 6.33. The summed E-state index contributed by atoms with van der Waals surface area (Å²) in [5, 5.41) is 6.26. The molecule has 4 nitrogen and oxygen atoms in total. The molecule has 0 saturated heterocycles. The third-order valence-corrected chi connectivity index (χ3v) is 3.53. The molecule has 1 amide bonds. The van der Waals surface area contributed by atoms with Gasteiger partial charge in [0.05, 0.1) is 10.6 Å². The van der Waals surface area contributed by atoms with Crippen LogP contribution in [0, 0.1) is 0 Å². The van der Waals surface area contributed by atoms with Crippen LogP contribution in [0.5, 0.6) is 0 Å². The molecule has 0 aliphatic rings. The number of aromatic nitrogens is 1. The van der Waals surface area contributed by atoms with Crippen molar-refractivity contribution < 1.29 is 4.79 Å². The van der Waals surface area contributed by atoms with Crippen LogP contribution >= 0.6 is 11.6 Å². The zero-order valence-corrected chi connectivity index (χ0v) is 13.3. The van der Waals surface area contributed by atoms with Gasteiger partial charge in [0.25, 0.3) is 5.91 Å². The second-order valence-corrected chi connectivity index (χ2v) is 5.43. The summed E-state index contributed by atoms with van der Waals surface area (Å²) in [6, 6.07) is 1.82. The summed E-state index contributed by atoms with van der Waals surface area (Å²) in [6.07, 6.45) is 7.32. The normalized spacial score (nSPS) is 12.0. The van der Waals surface area contributed by atoms with Crippen molar-refractivity contribution in [3.63, 3.8) is 0 Å². The summed E-state index contributed by atoms with van der Waals surface area (Å²) < 4.78 is 0. The fourth-order valence-electron chi connectivity index (χ4n) is 2.00. The van der Waals surface area contributed by atoms with Crippen LogP contribution in [0.2, 0.25) is 5.02 Å². The number of carbonyl (C=O) groups excluding carboxylic acids is 1. The second-order valence-electron chi connectivity index (χ2n) is 5.02. The molecule has 2 N–H and O–H groups in total. The molecular weight excluding hydrogens is 274 g/mol. The molecule has 0 aliphatic carbocycles. The number of nitrogens with zero attached hydrogens (tertiary/aromatic N) is 1. The average Bonchev–Trinajstić information content (AvgIpc) is 2.44. The number of unbranched alkanes of at least 4 members (excludes halogenated alkanes) is 3. The number of nitrogens with one attached hydrogen (secondary N) is 2. The van der Waals surface area contributed by atoms with Crippen molar-refractivity contribution >= 4 is 23.3 Å². The molecular formula is C15H24ClN3O. The Morgan fingerprint density at radius 1 is 1.40 bits per heavy atom. The molecule has 1 rings (SSSR count). The van der Waals surface area contributed by atoms with E-state index < -0.39 is 0 Å². The Kier molecular flexibility index (Phi) is 7.37. The van der Waals surface area contributed by atoms with Crippen LogP contribution in [-0.2, 0) is 0 Å². The van der Waals surface area contributed by atoms with Crippen molar-refractivity contribution in [2.75, 3.05) is 12.4 Å². The molecule has 0 aliphatic heterocycles. The Morgan fingerprint density at radius 2 is 2.15 bits per heavy atom. The summed E-state index contributed by atoms with van der Waals surface area (Å²) in [5.41, 5.74) is 0.464. The van der Waals surface area contributed by atoms with Crippen LogP contribution in [0.4, 0.5) is 5.82 Å². The Balaban J connectivity index is 2.53. The topological polar surface area (TPSA) is 54.0 Å². The van der Waals surface area contributed by atoms with E-state index in [1.165, 1.54) is 25.5 Å². The first-order valence-electron chi connectivity index (χ1n) is 7.22. The molecule has 0 spiro atoms. The Labute approximate surface area is 126 Å². The fraction of sp³-hybridized carbons (Fsp3) is 0.600. The highest BCUT2D eigenvalue weighted by Crippen LogP contribution is 2.18. The smallest absolute Gasteiger partial charge is 0.253 e. The first-order valence-corrected chi connectivity index (χ1v) is 7.60. The lowest BCUT2D eigenvalue weighted by atomic mass is 10.1. The summed E-state index contributed by atoms with van der Waals surface area (Å²) in [7, 11) is 1.76. The van der Waals surface area contributed by atoms with Gasteiger partial charge in [-0.2, -0.15) is 0 Å². The molecule has 0 saturated carbocycles. The van der Waals surface area contributed by atoms with Crippen molar-refractivity contribution in [1.82, 2.24) is 10.3 Å². The van der Waals surface area contributed by atoms with Crippen molar-refractivity contribution in [3.8, 4) is 0 Å². The van der Waals surface area contributed by atoms with Gasteiger partial charge < -0.3 is 10.6 Å². The summed E-state index contributed by atoms with van der Waals surface area (Å²) in [6.45, 7) is 4.22. The van der Waals surface area contributed by atoms with Crippen LogP contribution < -0.4 is 10.6 Å². The van der Waals surface area contributed by atoms with Gasteiger partial charge in [-0.05, 0) is 19.4 Å². The highest BCUT2D eigenvalue weighted by Gasteiger charge is 2.14. The van der Waals surface area contributed by atoms with E-state index >= 15 is 0 Å². The molecule has 1 heterocycles. The van der Waals surface area contributed by atoms with E-state index in [0.29, 0.717) is 16.4 Å². The minimum atomic E-state index is -0.142. The number of rotatable bonds is 8. The van der Waals surface area contributed by atoms with E-state index in [9.17, 15) is 4.79 Å². The Morgan fingerprint density at radius 3 is 2.80 bits per heavy atom. The number of amides is 1. The molecule has 1 unspecified atom stereocenters. The maximum absolute atomic E-state index is 12.2. The molecule has 20 heavy (non-hydrogen) atoms. The second kappa shape index (κ2) is 8.80. The third-order valence-electron chi connectivity index (χ3n) is 3.22. The molecule has 1 aromatic rings. The van der Waals surface area contributed by atoms with Gasteiger partial charge in [-0.15, -0.1) is 0 Å². The van der Waals surface area contributed by atoms with E-state index in [1.807, 2.05) is 6.92 Å². The average molecular weight is 298 g/mol. The van der Waals surface area contributed by atoms with E-state index in [2.05, 4.69) is 22.5 Å². The molecule has 1 aromatic heterocycles. The van der Waals surface area contributed by atoms with E-state index in [-0.39, 0.29) is 11.9 Å². The molecule has 0 fully saturated rings. The van der Waals surface area contributed by atoms with Crippen LogP contribution in [-0.4, -0.2) is 24.0 Å². The van der Waals surface area contributed by atoms with E-state index in [4.69, 9.17) is 11.6 Å². The third kappa shape index (κ3) is 5.37. The number of hydrogen-bond donors (Lipinski definition) is 2. The van der Waals surface area contributed by atoms with Gasteiger partial charge in [-0.25, -0.2) is 4.98 Å². The lowest BCUT2D eigenvalue weighted by Gasteiger charge is -2.14.